The van der Waals surface area contributed by atoms with Crippen LogP contribution in [0.25, 0.3) is 11.3 Å². The summed E-state index contributed by atoms with van der Waals surface area (Å²) in [5.74, 6) is 2.23. The average Bonchev–Trinajstić information content (AvgIpc) is 3.12. The molecule has 1 N–H and O–H groups in total. The molecule has 1 fully saturated rings. The van der Waals surface area contributed by atoms with E-state index in [4.69, 9.17) is 16.0 Å². The van der Waals surface area contributed by atoms with Crippen LogP contribution in [0.2, 0.25) is 5.02 Å². The number of aromatic nitrogens is 2. The lowest BCUT2D eigenvalue weighted by atomic mass is 10.2. The summed E-state index contributed by atoms with van der Waals surface area (Å²) in [7, 11) is 0. The lowest BCUT2D eigenvalue weighted by Crippen LogP contribution is -2.47. The van der Waals surface area contributed by atoms with E-state index in [1.54, 1.807) is 12.4 Å². The van der Waals surface area contributed by atoms with Crippen molar-refractivity contribution in [2.75, 3.05) is 31.1 Å². The number of nitrogens with one attached hydrogen (secondary N) is 1. The summed E-state index contributed by atoms with van der Waals surface area (Å²) in [4.78, 5) is 23.1. The first-order valence-electron chi connectivity index (χ1n) is 8.55. The fourth-order valence-corrected chi connectivity index (χ4v) is 3.36. The van der Waals surface area contributed by atoms with Gasteiger partial charge in [-0.15, -0.1) is 0 Å². The smallest absolute Gasteiger partial charge is 0.290 e. The van der Waals surface area contributed by atoms with Crippen LogP contribution in [0, 0.1) is 0 Å². The van der Waals surface area contributed by atoms with Gasteiger partial charge in [-0.05, 0) is 24.3 Å². The highest BCUT2D eigenvalue weighted by Crippen LogP contribution is 2.25. The van der Waals surface area contributed by atoms with Gasteiger partial charge in [-0.25, -0.2) is 4.98 Å². The summed E-state index contributed by atoms with van der Waals surface area (Å²) in [5, 5.41) is 0.695. The standard InChI is InChI=1S/C19H19ClN4O2/c20-15-3-1-2-14(12-15)17-5-4-16(26-17)13-23-8-10-24(11-9-23)18-19(25)22-7-6-21-18/h1-7,12H,8-11,13H2,(H,22,25). The molecule has 0 unspecified atom stereocenters. The van der Waals surface area contributed by atoms with Gasteiger partial charge >= 0.3 is 0 Å². The Kier molecular flexibility index (Phi) is 4.77. The molecule has 0 radical (unpaired) electrons. The summed E-state index contributed by atoms with van der Waals surface area (Å²) in [6.07, 6.45) is 3.17. The first-order valence-corrected chi connectivity index (χ1v) is 8.92. The second kappa shape index (κ2) is 7.35. The predicted molar refractivity (Wildman–Crippen MR) is 102 cm³/mol. The van der Waals surface area contributed by atoms with Crippen LogP contribution in [0.4, 0.5) is 5.82 Å². The van der Waals surface area contributed by atoms with Crippen molar-refractivity contribution in [1.82, 2.24) is 14.9 Å². The highest BCUT2D eigenvalue weighted by Gasteiger charge is 2.20. The van der Waals surface area contributed by atoms with Crippen LogP contribution >= 0.6 is 11.6 Å². The molecule has 0 atom stereocenters. The van der Waals surface area contributed by atoms with E-state index in [-0.39, 0.29) is 5.56 Å². The van der Waals surface area contributed by atoms with Gasteiger partial charge in [0.25, 0.3) is 5.56 Å². The third-order valence-electron chi connectivity index (χ3n) is 4.51. The third-order valence-corrected chi connectivity index (χ3v) is 4.75. The number of rotatable bonds is 4. The molecular formula is C19H19ClN4O2. The van der Waals surface area contributed by atoms with Crippen LogP contribution in [0.1, 0.15) is 5.76 Å². The van der Waals surface area contributed by atoms with Crippen molar-refractivity contribution in [3.8, 4) is 11.3 Å². The molecule has 0 aliphatic carbocycles. The number of anilines is 1. The second-order valence-corrected chi connectivity index (χ2v) is 6.72. The fourth-order valence-electron chi connectivity index (χ4n) is 3.17. The highest BCUT2D eigenvalue weighted by atomic mass is 35.5. The molecule has 6 nitrogen and oxygen atoms in total. The van der Waals surface area contributed by atoms with Gasteiger partial charge in [-0.1, -0.05) is 23.7 Å². The van der Waals surface area contributed by atoms with E-state index in [1.165, 1.54) is 0 Å². The van der Waals surface area contributed by atoms with Gasteiger partial charge in [0.1, 0.15) is 11.5 Å². The summed E-state index contributed by atoms with van der Waals surface area (Å²) in [6.45, 7) is 3.98. The van der Waals surface area contributed by atoms with Crippen LogP contribution in [-0.4, -0.2) is 41.0 Å². The number of piperazine rings is 1. The molecule has 0 amide bonds. The number of hydrogen-bond donors (Lipinski definition) is 1. The van der Waals surface area contributed by atoms with E-state index in [1.807, 2.05) is 41.3 Å². The Hall–Kier alpha value is -2.57. The molecule has 7 heteroatoms. The van der Waals surface area contributed by atoms with E-state index < -0.39 is 0 Å². The van der Waals surface area contributed by atoms with Gasteiger partial charge in [-0.3, -0.25) is 9.69 Å². The van der Waals surface area contributed by atoms with Gasteiger partial charge in [0, 0.05) is 49.2 Å². The van der Waals surface area contributed by atoms with Crippen molar-refractivity contribution in [1.29, 1.82) is 0 Å². The topological polar surface area (TPSA) is 65.4 Å². The molecule has 134 valence electrons. The summed E-state index contributed by atoms with van der Waals surface area (Å²) >= 11 is 6.05. The minimum atomic E-state index is -0.141. The van der Waals surface area contributed by atoms with Gasteiger partial charge < -0.3 is 14.3 Å². The molecule has 1 saturated heterocycles. The van der Waals surface area contributed by atoms with Crippen LogP contribution in [0.5, 0.6) is 0 Å². The summed E-state index contributed by atoms with van der Waals surface area (Å²) in [5.41, 5.74) is 0.834. The zero-order valence-electron chi connectivity index (χ0n) is 14.2. The van der Waals surface area contributed by atoms with Crippen LogP contribution in [0.15, 0.2) is 58.0 Å². The van der Waals surface area contributed by atoms with Crippen molar-refractivity contribution < 1.29 is 4.42 Å². The molecule has 0 spiro atoms. The first kappa shape index (κ1) is 16.9. The molecule has 3 heterocycles. The SMILES string of the molecule is O=c1[nH]ccnc1N1CCN(Cc2ccc(-c3cccc(Cl)c3)o2)CC1. The lowest BCUT2D eigenvalue weighted by molar-refractivity contribution is 0.231. The summed E-state index contributed by atoms with van der Waals surface area (Å²) < 4.78 is 5.98. The monoisotopic (exact) mass is 370 g/mol. The maximum atomic E-state index is 11.9. The fraction of sp³-hybridized carbons (Fsp3) is 0.263. The number of halogens is 1. The van der Waals surface area contributed by atoms with Gasteiger partial charge in [0.05, 0.1) is 6.54 Å². The van der Waals surface area contributed by atoms with E-state index in [9.17, 15) is 4.79 Å². The molecule has 1 aromatic carbocycles. The third kappa shape index (κ3) is 3.66. The quantitative estimate of drug-likeness (QED) is 0.764. The Morgan fingerprint density at radius 3 is 2.77 bits per heavy atom. The van der Waals surface area contributed by atoms with Crippen molar-refractivity contribution >= 4 is 17.4 Å². The Morgan fingerprint density at radius 1 is 1.15 bits per heavy atom. The Labute approximate surface area is 156 Å². The number of benzene rings is 1. The van der Waals surface area contributed by atoms with Crippen molar-refractivity contribution in [3.05, 3.63) is 69.9 Å². The summed E-state index contributed by atoms with van der Waals surface area (Å²) in [6, 6.07) is 11.6. The predicted octanol–water partition coefficient (Wildman–Crippen LogP) is 3.01. The molecule has 3 aromatic rings. The highest BCUT2D eigenvalue weighted by molar-refractivity contribution is 6.30. The van der Waals surface area contributed by atoms with Crippen molar-refractivity contribution in [3.63, 3.8) is 0 Å². The number of aromatic amines is 1. The van der Waals surface area contributed by atoms with E-state index >= 15 is 0 Å². The zero-order valence-corrected chi connectivity index (χ0v) is 14.9. The normalized spacial score (nSPS) is 15.3. The largest absolute Gasteiger partial charge is 0.460 e. The van der Waals surface area contributed by atoms with E-state index in [0.717, 1.165) is 49.8 Å². The lowest BCUT2D eigenvalue weighted by Gasteiger charge is -2.34. The second-order valence-electron chi connectivity index (χ2n) is 6.28. The molecule has 2 aromatic heterocycles. The number of hydrogen-bond acceptors (Lipinski definition) is 5. The van der Waals surface area contributed by atoms with Gasteiger partial charge in [0.2, 0.25) is 0 Å². The maximum Gasteiger partial charge on any atom is 0.290 e. The van der Waals surface area contributed by atoms with Crippen LogP contribution in [-0.2, 0) is 6.54 Å². The zero-order chi connectivity index (χ0) is 17.9. The Bertz CT molecular complexity index is 944. The molecule has 1 aliphatic heterocycles. The van der Waals surface area contributed by atoms with Crippen LogP contribution < -0.4 is 10.5 Å². The van der Waals surface area contributed by atoms with E-state index in [2.05, 4.69) is 14.9 Å². The molecule has 0 saturated carbocycles. The molecule has 26 heavy (non-hydrogen) atoms. The molecule has 4 rings (SSSR count). The first-order chi connectivity index (χ1) is 12.7. The number of nitrogens with zero attached hydrogens (tertiary/aromatic N) is 3. The van der Waals surface area contributed by atoms with Gasteiger partial charge in [0.15, 0.2) is 5.82 Å². The number of furan rings is 1. The molecular weight excluding hydrogens is 352 g/mol. The Balaban J connectivity index is 1.38. The van der Waals surface area contributed by atoms with Crippen molar-refractivity contribution in [2.45, 2.75) is 6.54 Å². The average molecular weight is 371 g/mol. The number of H-pyrrole nitrogens is 1. The minimum absolute atomic E-state index is 0.141. The van der Waals surface area contributed by atoms with Crippen molar-refractivity contribution in [2.24, 2.45) is 0 Å². The van der Waals surface area contributed by atoms with Crippen LogP contribution in [0.3, 0.4) is 0 Å². The minimum Gasteiger partial charge on any atom is -0.460 e. The van der Waals surface area contributed by atoms with Gasteiger partial charge in [-0.2, -0.15) is 0 Å². The molecule has 0 bridgehead atoms. The van der Waals surface area contributed by atoms with E-state index in [0.29, 0.717) is 10.8 Å². The molecule has 1 aliphatic rings. The maximum absolute atomic E-state index is 11.9. The Morgan fingerprint density at radius 2 is 2.00 bits per heavy atom.